The normalized spacial score (nSPS) is 22.9. The minimum Gasteiger partial charge on any atom is -0.507 e. The van der Waals surface area contributed by atoms with Gasteiger partial charge in [0.2, 0.25) is 0 Å². The molecule has 0 fully saturated rings. The van der Waals surface area contributed by atoms with Crippen LogP contribution in [0, 0.1) is 0 Å². The Morgan fingerprint density at radius 3 is 2.48 bits per heavy atom. The van der Waals surface area contributed by atoms with E-state index >= 15 is 0 Å². The van der Waals surface area contributed by atoms with Gasteiger partial charge in [-0.1, -0.05) is 23.7 Å². The number of hydrogen-bond acceptors (Lipinski definition) is 7. The van der Waals surface area contributed by atoms with E-state index in [4.69, 9.17) is 11.6 Å². The Hall–Kier alpha value is -2.87. The first kappa shape index (κ1) is 21.4. The van der Waals surface area contributed by atoms with Crippen molar-refractivity contribution in [1.82, 2.24) is 0 Å². The van der Waals surface area contributed by atoms with Crippen LogP contribution in [0.4, 0.5) is 5.69 Å². The molecule has 0 unspecified atom stereocenters. The van der Waals surface area contributed by atoms with Gasteiger partial charge in [-0.05, 0) is 31.0 Å². The maximum absolute atomic E-state index is 13.1. The number of carbonyl (C=O) groups is 2. The molecule has 4 rings (SSSR count). The highest BCUT2D eigenvalue weighted by Gasteiger charge is 2.46. The molecule has 2 aromatic carbocycles. The van der Waals surface area contributed by atoms with E-state index in [0.29, 0.717) is 18.0 Å². The number of ketones is 2. The summed E-state index contributed by atoms with van der Waals surface area (Å²) in [4.78, 5) is 26.1. The van der Waals surface area contributed by atoms with E-state index < -0.39 is 34.8 Å². The van der Waals surface area contributed by atoms with E-state index in [9.17, 15) is 30.0 Å². The summed E-state index contributed by atoms with van der Waals surface area (Å²) in [6, 6.07) is 8.46. The van der Waals surface area contributed by atoms with E-state index in [-0.39, 0.29) is 40.8 Å². The first-order chi connectivity index (χ1) is 14.6. The molecule has 2 aromatic rings. The number of aromatic hydroxyl groups is 2. The number of nitrogens with one attached hydrogen (secondary N) is 1. The van der Waals surface area contributed by atoms with Gasteiger partial charge < -0.3 is 25.7 Å². The van der Waals surface area contributed by atoms with Gasteiger partial charge in [0.05, 0.1) is 28.5 Å². The summed E-state index contributed by atoms with van der Waals surface area (Å²) in [6.07, 6.45) is -0.970. The molecule has 0 bridgehead atoms. The van der Waals surface area contributed by atoms with Crippen LogP contribution >= 0.6 is 11.6 Å². The highest BCUT2D eigenvalue weighted by Crippen LogP contribution is 2.46. The summed E-state index contributed by atoms with van der Waals surface area (Å²) in [7, 11) is 0. The van der Waals surface area contributed by atoms with Crippen LogP contribution in [0.3, 0.4) is 0 Å². The minimum atomic E-state index is -1.36. The zero-order chi connectivity index (χ0) is 22.5. The van der Waals surface area contributed by atoms with E-state index in [0.717, 1.165) is 5.56 Å². The lowest BCUT2D eigenvalue weighted by Gasteiger charge is -2.36. The van der Waals surface area contributed by atoms with Crippen molar-refractivity contribution in [3.8, 4) is 11.5 Å². The van der Waals surface area contributed by atoms with Crippen molar-refractivity contribution < 1.29 is 30.0 Å². The van der Waals surface area contributed by atoms with E-state index in [1.807, 2.05) is 12.1 Å². The van der Waals surface area contributed by atoms with Crippen molar-refractivity contribution in [1.29, 1.82) is 0 Å². The number of halogens is 1. The maximum atomic E-state index is 13.1. The van der Waals surface area contributed by atoms with Crippen LogP contribution in [0.5, 0.6) is 11.5 Å². The Labute approximate surface area is 183 Å². The van der Waals surface area contributed by atoms with Crippen LogP contribution in [0.25, 0.3) is 0 Å². The Morgan fingerprint density at radius 1 is 1.13 bits per heavy atom. The van der Waals surface area contributed by atoms with Crippen LogP contribution in [-0.2, 0) is 6.42 Å². The van der Waals surface area contributed by atoms with Crippen LogP contribution in [0.2, 0.25) is 5.02 Å². The molecule has 8 heteroatoms. The molecule has 0 aromatic heterocycles. The quantitative estimate of drug-likeness (QED) is 0.363. The van der Waals surface area contributed by atoms with Crippen LogP contribution in [-0.4, -0.2) is 50.2 Å². The third-order valence-electron chi connectivity index (χ3n) is 5.74. The molecule has 0 spiro atoms. The zero-order valence-electron chi connectivity index (χ0n) is 16.8. The van der Waals surface area contributed by atoms with Gasteiger partial charge in [0, 0.05) is 41.6 Å². The number of phenolic OH excluding ortho intramolecular Hbond substituents is 2. The summed E-state index contributed by atoms with van der Waals surface area (Å²) < 4.78 is 0. The van der Waals surface area contributed by atoms with E-state index in [2.05, 4.69) is 5.32 Å². The lowest BCUT2D eigenvalue weighted by Crippen LogP contribution is -2.42. The SMILES string of the molecule is C[C@]1(O)CC2=C(C(=O)c3c(O)cc(NCCc4ccc(Cl)cc4)c(O)c3C2=O)[C@@H](O)C1. The molecule has 0 amide bonds. The van der Waals surface area contributed by atoms with E-state index in [1.54, 1.807) is 12.1 Å². The largest absolute Gasteiger partial charge is 0.507 e. The van der Waals surface area contributed by atoms with Gasteiger partial charge in [0.25, 0.3) is 0 Å². The van der Waals surface area contributed by atoms with Crippen molar-refractivity contribution >= 4 is 28.9 Å². The van der Waals surface area contributed by atoms with Crippen LogP contribution in [0.1, 0.15) is 46.0 Å². The molecule has 2 atom stereocenters. The Balaban J connectivity index is 1.66. The topological polar surface area (TPSA) is 127 Å². The van der Waals surface area contributed by atoms with Crippen molar-refractivity contribution in [3.63, 3.8) is 0 Å². The number of Topliss-reactive ketones (excluding diaryl/α,β-unsaturated/α-hetero) is 2. The van der Waals surface area contributed by atoms with Crippen LogP contribution in [0.15, 0.2) is 41.5 Å². The predicted molar refractivity (Wildman–Crippen MR) is 115 cm³/mol. The number of aliphatic hydroxyl groups is 2. The van der Waals surface area contributed by atoms with Gasteiger partial charge in [-0.2, -0.15) is 0 Å². The number of rotatable bonds is 4. The fourth-order valence-corrected chi connectivity index (χ4v) is 4.41. The monoisotopic (exact) mass is 443 g/mol. The molecule has 162 valence electrons. The predicted octanol–water partition coefficient (Wildman–Crippen LogP) is 2.99. The molecule has 0 saturated heterocycles. The average molecular weight is 444 g/mol. The van der Waals surface area contributed by atoms with Gasteiger partial charge in [-0.15, -0.1) is 0 Å². The highest BCUT2D eigenvalue weighted by atomic mass is 35.5. The third-order valence-corrected chi connectivity index (χ3v) is 6.00. The summed E-state index contributed by atoms with van der Waals surface area (Å²) >= 11 is 5.88. The molecule has 31 heavy (non-hydrogen) atoms. The van der Waals surface area contributed by atoms with Gasteiger partial charge in [0.1, 0.15) is 5.75 Å². The zero-order valence-corrected chi connectivity index (χ0v) is 17.5. The molecule has 5 N–H and O–H groups in total. The number of anilines is 1. The van der Waals surface area contributed by atoms with Crippen molar-refractivity contribution in [2.45, 2.75) is 37.9 Å². The highest BCUT2D eigenvalue weighted by molar-refractivity contribution is 6.30. The van der Waals surface area contributed by atoms with Crippen LogP contribution < -0.4 is 5.32 Å². The molecule has 7 nitrogen and oxygen atoms in total. The third kappa shape index (κ3) is 3.80. The first-order valence-electron chi connectivity index (χ1n) is 9.89. The first-order valence-corrected chi connectivity index (χ1v) is 10.3. The van der Waals surface area contributed by atoms with Gasteiger partial charge in [-0.25, -0.2) is 0 Å². The van der Waals surface area contributed by atoms with Crippen molar-refractivity contribution in [2.24, 2.45) is 0 Å². The summed E-state index contributed by atoms with van der Waals surface area (Å²) in [5.74, 6) is -2.31. The molecule has 0 heterocycles. The average Bonchev–Trinajstić information content (AvgIpc) is 2.68. The minimum absolute atomic E-state index is 0.0331. The number of fused-ring (bicyclic) bond motifs is 1. The van der Waals surface area contributed by atoms with E-state index in [1.165, 1.54) is 13.0 Å². The Bertz CT molecular complexity index is 1120. The van der Waals surface area contributed by atoms with Gasteiger partial charge in [-0.3, -0.25) is 9.59 Å². The van der Waals surface area contributed by atoms with Crippen molar-refractivity contribution in [3.05, 3.63) is 63.2 Å². The van der Waals surface area contributed by atoms with Gasteiger partial charge in [0.15, 0.2) is 17.3 Å². The fourth-order valence-electron chi connectivity index (χ4n) is 4.28. The number of phenols is 2. The number of benzene rings is 2. The summed E-state index contributed by atoms with van der Waals surface area (Å²) in [5.41, 5.74) is -1.06. The smallest absolute Gasteiger partial charge is 0.196 e. The number of hydrogen-bond donors (Lipinski definition) is 5. The molecular formula is C23H22ClNO6. The molecule has 0 saturated carbocycles. The molecule has 2 aliphatic rings. The Morgan fingerprint density at radius 2 is 1.81 bits per heavy atom. The van der Waals surface area contributed by atoms with Crippen molar-refractivity contribution in [2.75, 3.05) is 11.9 Å². The lowest BCUT2D eigenvalue weighted by molar-refractivity contribution is 0.00374. The second-order valence-electron chi connectivity index (χ2n) is 8.29. The molecule has 0 radical (unpaired) electrons. The Kier molecular flexibility index (Phi) is 5.29. The molecule has 0 aliphatic heterocycles. The summed E-state index contributed by atoms with van der Waals surface area (Å²) in [6.45, 7) is 1.86. The maximum Gasteiger partial charge on any atom is 0.196 e. The second-order valence-corrected chi connectivity index (χ2v) is 8.73. The number of aliphatic hydroxyl groups excluding tert-OH is 1. The molecule has 2 aliphatic carbocycles. The molecular weight excluding hydrogens is 422 g/mol. The van der Waals surface area contributed by atoms with Gasteiger partial charge >= 0.3 is 0 Å². The summed E-state index contributed by atoms with van der Waals surface area (Å²) in [5, 5.41) is 45.6. The fraction of sp³-hybridized carbons (Fsp3) is 0.304. The second kappa shape index (κ2) is 7.67. The number of carbonyl (C=O) groups excluding carboxylic acids is 2. The lowest BCUT2D eigenvalue weighted by atomic mass is 9.71. The standard InChI is InChI=1S/C23H22ClNO6/c1-23(31)9-13-17(16(27)10-23)22(30)18-15(26)8-14(21(29)19(18)20(13)28)25-7-6-11-2-4-12(24)5-3-11/h2-5,8,16,25-27,29,31H,6-7,9-10H2,1H3/t16-,23-/m0/s1.